The van der Waals surface area contributed by atoms with Crippen LogP contribution in [0.4, 0.5) is 4.39 Å². The highest BCUT2D eigenvalue weighted by Crippen LogP contribution is 2.42. The first kappa shape index (κ1) is 16.5. The highest BCUT2D eigenvalue weighted by Gasteiger charge is 2.59. The Hall–Kier alpha value is -0.915. The zero-order valence-corrected chi connectivity index (χ0v) is 13.9. The summed E-state index contributed by atoms with van der Waals surface area (Å²) in [5.74, 6) is -0.486. The summed E-state index contributed by atoms with van der Waals surface area (Å²) in [4.78, 5) is 11.8. The Morgan fingerprint density at radius 3 is 2.48 bits per heavy atom. The third-order valence-corrected chi connectivity index (χ3v) is 4.86. The Labute approximate surface area is 132 Å². The van der Waals surface area contributed by atoms with Gasteiger partial charge in [0.15, 0.2) is 5.08 Å². The molecule has 1 saturated heterocycles. The number of hydrogen-bond acceptors (Lipinski definition) is 4. The highest BCUT2D eigenvalue weighted by atomic mass is 79.9. The molecule has 7 heteroatoms. The minimum Gasteiger partial charge on any atom is -0.465 e. The van der Waals surface area contributed by atoms with Crippen molar-refractivity contribution in [3.05, 3.63) is 29.8 Å². The second-order valence-corrected chi connectivity index (χ2v) is 6.37. The lowest BCUT2D eigenvalue weighted by Crippen LogP contribution is -2.50. The highest BCUT2D eigenvalue weighted by molar-refractivity contribution is 9.09. The predicted molar refractivity (Wildman–Crippen MR) is 81.6 cm³/mol. The van der Waals surface area contributed by atoms with E-state index in [1.165, 1.54) is 7.11 Å². The summed E-state index contributed by atoms with van der Waals surface area (Å²) in [6.07, 6.45) is 0. The SMILES string of the molecule is COC(=O)c1ccccc1B1OC(C)(C)C(C)(C(F)Br)O1. The fraction of sp³-hybridized carbons (Fsp3) is 0.500. The number of esters is 1. The lowest BCUT2D eigenvalue weighted by Gasteiger charge is -2.36. The molecule has 1 heterocycles. The first-order valence-corrected chi connectivity index (χ1v) is 7.45. The van der Waals surface area contributed by atoms with E-state index in [1.807, 2.05) is 0 Å². The third-order valence-electron chi connectivity index (χ3n) is 3.99. The molecule has 0 spiro atoms. The van der Waals surface area contributed by atoms with Gasteiger partial charge >= 0.3 is 13.1 Å². The van der Waals surface area contributed by atoms with Crippen LogP contribution < -0.4 is 5.46 Å². The van der Waals surface area contributed by atoms with E-state index in [1.54, 1.807) is 45.0 Å². The number of methoxy groups -OCH3 is 1. The second kappa shape index (κ2) is 5.70. The van der Waals surface area contributed by atoms with Gasteiger partial charge in [0, 0.05) is 0 Å². The van der Waals surface area contributed by atoms with Gasteiger partial charge in [-0.15, -0.1) is 0 Å². The van der Waals surface area contributed by atoms with Gasteiger partial charge in [0.1, 0.15) is 5.60 Å². The summed E-state index contributed by atoms with van der Waals surface area (Å²) in [6, 6.07) is 6.81. The van der Waals surface area contributed by atoms with Crippen molar-refractivity contribution >= 4 is 34.5 Å². The van der Waals surface area contributed by atoms with E-state index in [0.717, 1.165) is 0 Å². The minimum atomic E-state index is -1.41. The summed E-state index contributed by atoms with van der Waals surface area (Å²) in [6.45, 7) is 5.14. The fourth-order valence-corrected chi connectivity index (χ4v) is 2.87. The Bertz CT molecular complexity index is 552. The molecule has 1 aromatic rings. The quantitative estimate of drug-likeness (QED) is 0.473. The van der Waals surface area contributed by atoms with E-state index in [0.29, 0.717) is 11.0 Å². The van der Waals surface area contributed by atoms with Gasteiger partial charge in [-0.25, -0.2) is 9.18 Å². The van der Waals surface area contributed by atoms with Crippen LogP contribution in [0.5, 0.6) is 0 Å². The van der Waals surface area contributed by atoms with Crippen LogP contribution in [0.15, 0.2) is 24.3 Å². The standard InChI is InChI=1S/C14H17BBrFO4/c1-13(2)14(3,12(16)17)21-15(20-13)10-8-6-5-7-9(10)11(18)19-4/h5-8,12H,1-4H3. The predicted octanol–water partition coefficient (Wildman–Crippen LogP) is 2.44. The summed E-state index contributed by atoms with van der Waals surface area (Å²) in [7, 11) is 0.468. The molecule has 4 nitrogen and oxygen atoms in total. The van der Waals surface area contributed by atoms with E-state index in [2.05, 4.69) is 15.9 Å². The van der Waals surface area contributed by atoms with Gasteiger partial charge in [0.25, 0.3) is 0 Å². The summed E-state index contributed by atoms with van der Waals surface area (Å²) >= 11 is 2.93. The molecule has 1 aromatic carbocycles. The monoisotopic (exact) mass is 358 g/mol. The van der Waals surface area contributed by atoms with Crippen molar-refractivity contribution in [2.24, 2.45) is 0 Å². The van der Waals surface area contributed by atoms with E-state index < -0.39 is 29.4 Å². The van der Waals surface area contributed by atoms with Crippen molar-refractivity contribution in [2.75, 3.05) is 7.11 Å². The molecule has 21 heavy (non-hydrogen) atoms. The number of carbonyl (C=O) groups is 1. The van der Waals surface area contributed by atoms with E-state index >= 15 is 0 Å². The molecule has 0 aromatic heterocycles. The topological polar surface area (TPSA) is 44.8 Å². The number of carbonyl (C=O) groups excluding carboxylic acids is 1. The normalized spacial score (nSPS) is 25.7. The molecule has 2 atom stereocenters. The molecule has 0 radical (unpaired) electrons. The largest absolute Gasteiger partial charge is 0.495 e. The Kier molecular flexibility index (Phi) is 4.47. The maximum absolute atomic E-state index is 13.9. The number of hydrogen-bond donors (Lipinski definition) is 0. The first-order valence-electron chi connectivity index (χ1n) is 6.54. The zero-order chi connectivity index (χ0) is 15.8. The summed E-state index contributed by atoms with van der Waals surface area (Å²) < 4.78 is 30.3. The second-order valence-electron chi connectivity index (χ2n) is 5.56. The summed E-state index contributed by atoms with van der Waals surface area (Å²) in [5, 5.41) is -1.41. The number of alkyl halides is 2. The fourth-order valence-electron chi connectivity index (χ4n) is 2.21. The number of halogens is 2. The molecule has 0 aliphatic carbocycles. The van der Waals surface area contributed by atoms with Crippen LogP contribution in [0.2, 0.25) is 0 Å². The van der Waals surface area contributed by atoms with Crippen LogP contribution >= 0.6 is 15.9 Å². The molecular weight excluding hydrogens is 342 g/mol. The van der Waals surface area contributed by atoms with Gasteiger partial charge in [0.05, 0.1) is 18.3 Å². The Morgan fingerprint density at radius 2 is 1.95 bits per heavy atom. The van der Waals surface area contributed by atoms with Gasteiger partial charge in [-0.05, 0) is 48.2 Å². The summed E-state index contributed by atoms with van der Waals surface area (Å²) in [5.41, 5.74) is -1.19. The van der Waals surface area contributed by atoms with Gasteiger partial charge in [0.2, 0.25) is 0 Å². The molecule has 1 aliphatic heterocycles. The van der Waals surface area contributed by atoms with Crippen LogP contribution in [0.3, 0.4) is 0 Å². The van der Waals surface area contributed by atoms with Crippen molar-refractivity contribution in [3.8, 4) is 0 Å². The van der Waals surface area contributed by atoms with Crippen LogP contribution in [0.25, 0.3) is 0 Å². The number of rotatable bonds is 3. The minimum absolute atomic E-state index is 0.343. The molecule has 0 bridgehead atoms. The van der Waals surface area contributed by atoms with Gasteiger partial charge < -0.3 is 14.0 Å². The van der Waals surface area contributed by atoms with Crippen molar-refractivity contribution in [2.45, 2.75) is 37.1 Å². The number of ether oxygens (including phenoxy) is 1. The van der Waals surface area contributed by atoms with E-state index in [9.17, 15) is 9.18 Å². The van der Waals surface area contributed by atoms with Crippen molar-refractivity contribution in [1.82, 2.24) is 0 Å². The third kappa shape index (κ3) is 2.74. The molecule has 2 rings (SSSR count). The maximum atomic E-state index is 13.9. The molecule has 1 fully saturated rings. The van der Waals surface area contributed by atoms with E-state index in [-0.39, 0.29) is 0 Å². The molecular formula is C14H17BBrFO4. The molecule has 2 unspecified atom stereocenters. The van der Waals surface area contributed by atoms with Crippen molar-refractivity contribution in [3.63, 3.8) is 0 Å². The van der Waals surface area contributed by atoms with Gasteiger partial charge in [-0.1, -0.05) is 18.2 Å². The first-order chi connectivity index (χ1) is 9.73. The average molecular weight is 359 g/mol. The van der Waals surface area contributed by atoms with Gasteiger partial charge in [-0.3, -0.25) is 0 Å². The Morgan fingerprint density at radius 1 is 1.33 bits per heavy atom. The van der Waals surface area contributed by atoms with Crippen LogP contribution in [0.1, 0.15) is 31.1 Å². The van der Waals surface area contributed by atoms with Crippen LogP contribution in [-0.4, -0.2) is 36.5 Å². The maximum Gasteiger partial charge on any atom is 0.495 e. The van der Waals surface area contributed by atoms with Crippen LogP contribution in [-0.2, 0) is 14.0 Å². The smallest absolute Gasteiger partial charge is 0.465 e. The van der Waals surface area contributed by atoms with Crippen molar-refractivity contribution in [1.29, 1.82) is 0 Å². The molecule has 114 valence electrons. The Balaban J connectivity index is 2.40. The number of benzene rings is 1. The average Bonchev–Trinajstić information content (AvgIpc) is 2.69. The van der Waals surface area contributed by atoms with Crippen LogP contribution in [0, 0.1) is 0 Å². The molecule has 0 amide bonds. The van der Waals surface area contributed by atoms with Crippen molar-refractivity contribution < 1.29 is 23.2 Å². The molecule has 0 saturated carbocycles. The lowest BCUT2D eigenvalue weighted by molar-refractivity contribution is -0.0353. The molecule has 1 aliphatic rings. The molecule has 0 N–H and O–H groups in total. The van der Waals surface area contributed by atoms with Gasteiger partial charge in [-0.2, -0.15) is 0 Å². The van der Waals surface area contributed by atoms with E-state index in [4.69, 9.17) is 14.0 Å². The zero-order valence-electron chi connectivity index (χ0n) is 12.4. The lowest BCUT2D eigenvalue weighted by atomic mass is 9.76.